The van der Waals surface area contributed by atoms with E-state index < -0.39 is 27.5 Å². The van der Waals surface area contributed by atoms with Crippen LogP contribution in [0.25, 0.3) is 0 Å². The van der Waals surface area contributed by atoms with E-state index in [4.69, 9.17) is 0 Å². The van der Waals surface area contributed by atoms with Gasteiger partial charge in [-0.1, -0.05) is 17.7 Å². The molecule has 0 atom stereocenters. The van der Waals surface area contributed by atoms with Crippen molar-refractivity contribution in [2.45, 2.75) is 18.9 Å². The summed E-state index contributed by atoms with van der Waals surface area (Å²) in [7, 11) is -4.67. The molecule has 0 heterocycles. The Bertz CT molecular complexity index is 639. The monoisotopic (exact) mass is 342 g/mol. The molecule has 0 aliphatic rings. The third-order valence-corrected chi connectivity index (χ3v) is 3.42. The summed E-state index contributed by atoms with van der Waals surface area (Å²) in [6.07, 6.45) is -1.00. The lowest BCUT2D eigenvalue weighted by Gasteiger charge is -2.13. The number of carbonyl (C=O) groups excluding carboxylic acids is 1. The molecule has 0 saturated heterocycles. The number of carbonyl (C=O) groups is 1. The van der Waals surface area contributed by atoms with Gasteiger partial charge < -0.3 is 13.7 Å². The van der Waals surface area contributed by atoms with Crippen LogP contribution in [0.15, 0.2) is 18.2 Å². The number of alkyl halides is 3. The standard InChI is InChI=1S/C12H13F3O6S/c1-8-3-4-10(21-22(17,18)12(13,14)15)9(7-8)5-6-20-11(16)19-2/h3-4,7H,5-6H2,1-2H3. The van der Waals surface area contributed by atoms with Gasteiger partial charge in [-0.3, -0.25) is 0 Å². The molecule has 22 heavy (non-hydrogen) atoms. The van der Waals surface area contributed by atoms with Crippen LogP contribution >= 0.6 is 0 Å². The maximum absolute atomic E-state index is 12.3. The van der Waals surface area contributed by atoms with Gasteiger partial charge in [0.2, 0.25) is 0 Å². The summed E-state index contributed by atoms with van der Waals surface area (Å²) in [6.45, 7) is 1.45. The maximum Gasteiger partial charge on any atom is 0.534 e. The van der Waals surface area contributed by atoms with E-state index in [1.54, 1.807) is 6.92 Å². The maximum atomic E-state index is 12.3. The van der Waals surface area contributed by atoms with Gasteiger partial charge in [-0.15, -0.1) is 0 Å². The number of rotatable bonds is 5. The van der Waals surface area contributed by atoms with Gasteiger partial charge >= 0.3 is 21.8 Å². The molecule has 1 aromatic rings. The van der Waals surface area contributed by atoms with Gasteiger partial charge in [0, 0.05) is 6.42 Å². The Morgan fingerprint density at radius 3 is 2.45 bits per heavy atom. The molecule has 0 amide bonds. The van der Waals surface area contributed by atoms with Crippen LogP contribution in [-0.2, 0) is 26.0 Å². The first-order valence-corrected chi connectivity index (χ1v) is 7.28. The zero-order chi connectivity index (χ0) is 17.0. The minimum Gasteiger partial charge on any atom is -0.438 e. The van der Waals surface area contributed by atoms with E-state index in [1.807, 2.05) is 0 Å². The second kappa shape index (κ2) is 6.86. The largest absolute Gasteiger partial charge is 0.534 e. The van der Waals surface area contributed by atoms with Crippen molar-refractivity contribution in [2.75, 3.05) is 13.7 Å². The molecule has 124 valence electrons. The normalized spacial score (nSPS) is 11.9. The van der Waals surface area contributed by atoms with Gasteiger partial charge in [0.15, 0.2) is 0 Å². The lowest BCUT2D eigenvalue weighted by molar-refractivity contribution is -0.0500. The van der Waals surface area contributed by atoms with E-state index in [0.717, 1.165) is 13.2 Å². The Morgan fingerprint density at radius 1 is 1.27 bits per heavy atom. The first kappa shape index (κ1) is 18.1. The highest BCUT2D eigenvalue weighted by molar-refractivity contribution is 7.88. The molecule has 0 unspecified atom stereocenters. The van der Waals surface area contributed by atoms with Crippen LogP contribution < -0.4 is 4.18 Å². The number of hydrogen-bond acceptors (Lipinski definition) is 6. The molecular formula is C12H13F3O6S. The Labute approximate surface area is 124 Å². The number of benzene rings is 1. The summed E-state index contributed by atoms with van der Waals surface area (Å²) in [4.78, 5) is 10.8. The van der Waals surface area contributed by atoms with Crippen molar-refractivity contribution >= 4 is 16.3 Å². The number of halogens is 3. The first-order chi connectivity index (χ1) is 10.1. The van der Waals surface area contributed by atoms with Gasteiger partial charge in [0.25, 0.3) is 0 Å². The number of aryl methyl sites for hydroxylation is 1. The Balaban J connectivity index is 2.94. The van der Waals surface area contributed by atoms with E-state index in [-0.39, 0.29) is 18.6 Å². The minimum atomic E-state index is -5.76. The molecule has 1 rings (SSSR count). The van der Waals surface area contributed by atoms with E-state index in [1.165, 1.54) is 12.1 Å². The number of methoxy groups -OCH3 is 1. The fourth-order valence-corrected chi connectivity index (χ4v) is 1.95. The predicted molar refractivity (Wildman–Crippen MR) is 68.8 cm³/mol. The summed E-state index contributed by atoms with van der Waals surface area (Å²) in [5.74, 6) is -0.476. The van der Waals surface area contributed by atoms with Crippen molar-refractivity contribution < 1.29 is 40.0 Å². The van der Waals surface area contributed by atoms with Gasteiger partial charge in [0.1, 0.15) is 5.75 Å². The van der Waals surface area contributed by atoms with Crippen LogP contribution in [0.4, 0.5) is 18.0 Å². The summed E-state index contributed by atoms with van der Waals surface area (Å²) >= 11 is 0. The van der Waals surface area contributed by atoms with E-state index in [0.29, 0.717) is 5.56 Å². The lowest BCUT2D eigenvalue weighted by Crippen LogP contribution is -2.28. The fraction of sp³-hybridized carbons (Fsp3) is 0.417. The molecule has 1 aromatic carbocycles. The Kier molecular flexibility index (Phi) is 5.64. The average Bonchev–Trinajstić information content (AvgIpc) is 2.40. The van der Waals surface area contributed by atoms with E-state index in [2.05, 4.69) is 13.7 Å². The van der Waals surface area contributed by atoms with Gasteiger partial charge in [-0.25, -0.2) is 4.79 Å². The van der Waals surface area contributed by atoms with Crippen molar-refractivity contribution in [2.24, 2.45) is 0 Å². The first-order valence-electron chi connectivity index (χ1n) is 5.88. The molecule has 6 nitrogen and oxygen atoms in total. The average molecular weight is 342 g/mol. The molecule has 0 spiro atoms. The van der Waals surface area contributed by atoms with Crippen molar-refractivity contribution in [3.05, 3.63) is 29.3 Å². The third-order valence-electron chi connectivity index (χ3n) is 2.46. The van der Waals surface area contributed by atoms with Crippen molar-refractivity contribution in [3.8, 4) is 5.75 Å². The van der Waals surface area contributed by atoms with Crippen molar-refractivity contribution in [1.29, 1.82) is 0 Å². The van der Waals surface area contributed by atoms with E-state index in [9.17, 15) is 26.4 Å². The van der Waals surface area contributed by atoms with Gasteiger partial charge in [0.05, 0.1) is 13.7 Å². The van der Waals surface area contributed by atoms with Crippen LogP contribution in [-0.4, -0.2) is 33.8 Å². The molecule has 0 saturated carbocycles. The second-order valence-electron chi connectivity index (χ2n) is 4.15. The summed E-state index contributed by atoms with van der Waals surface area (Å²) in [5, 5.41) is 0. The second-order valence-corrected chi connectivity index (χ2v) is 5.68. The smallest absolute Gasteiger partial charge is 0.438 e. The van der Waals surface area contributed by atoms with Crippen LogP contribution in [0.5, 0.6) is 5.75 Å². The molecular weight excluding hydrogens is 329 g/mol. The predicted octanol–water partition coefficient (Wildman–Crippen LogP) is 2.55. The highest BCUT2D eigenvalue weighted by Crippen LogP contribution is 2.29. The van der Waals surface area contributed by atoms with Gasteiger partial charge in [-0.2, -0.15) is 21.6 Å². The zero-order valence-corrected chi connectivity index (χ0v) is 12.5. The van der Waals surface area contributed by atoms with Crippen LogP contribution in [0.2, 0.25) is 0 Å². The van der Waals surface area contributed by atoms with Gasteiger partial charge in [-0.05, 0) is 18.6 Å². The zero-order valence-electron chi connectivity index (χ0n) is 11.6. The topological polar surface area (TPSA) is 78.9 Å². The number of hydrogen-bond donors (Lipinski definition) is 0. The summed E-state index contributed by atoms with van der Waals surface area (Å²) in [5.41, 5.74) is -4.71. The van der Waals surface area contributed by atoms with Crippen LogP contribution in [0.1, 0.15) is 11.1 Å². The molecule has 0 fully saturated rings. The number of ether oxygens (including phenoxy) is 2. The molecule has 0 aliphatic carbocycles. The quantitative estimate of drug-likeness (QED) is 0.465. The summed E-state index contributed by atoms with van der Waals surface area (Å²) in [6, 6.07) is 3.93. The fourth-order valence-electron chi connectivity index (χ4n) is 1.45. The highest BCUT2D eigenvalue weighted by atomic mass is 32.2. The summed E-state index contributed by atoms with van der Waals surface area (Å²) < 4.78 is 72.0. The van der Waals surface area contributed by atoms with Crippen molar-refractivity contribution in [3.63, 3.8) is 0 Å². The Morgan fingerprint density at radius 2 is 1.91 bits per heavy atom. The molecule has 0 radical (unpaired) electrons. The SMILES string of the molecule is COC(=O)OCCc1cc(C)ccc1OS(=O)(=O)C(F)(F)F. The molecule has 0 N–H and O–H groups in total. The minimum absolute atomic E-state index is 0.0422. The lowest BCUT2D eigenvalue weighted by atomic mass is 10.1. The molecule has 10 heteroatoms. The third kappa shape index (κ3) is 4.79. The molecule has 0 aliphatic heterocycles. The van der Waals surface area contributed by atoms with Crippen LogP contribution in [0.3, 0.4) is 0 Å². The van der Waals surface area contributed by atoms with E-state index >= 15 is 0 Å². The van der Waals surface area contributed by atoms with Crippen molar-refractivity contribution in [1.82, 2.24) is 0 Å². The Hall–Kier alpha value is -1.97. The highest BCUT2D eigenvalue weighted by Gasteiger charge is 2.48. The van der Waals surface area contributed by atoms with Crippen LogP contribution in [0, 0.1) is 6.92 Å². The molecule has 0 aromatic heterocycles. The molecule has 0 bridgehead atoms.